The van der Waals surface area contributed by atoms with E-state index in [0.717, 1.165) is 22.3 Å². The van der Waals surface area contributed by atoms with Gasteiger partial charge in [0.2, 0.25) is 0 Å². The molecule has 5 heterocycles. The molecule has 0 bridgehead atoms. The lowest BCUT2D eigenvalue weighted by molar-refractivity contribution is -0.137. The molecule has 21 heteroatoms. The Hall–Kier alpha value is -8.23. The Bertz CT molecular complexity index is 3540. The van der Waals surface area contributed by atoms with Gasteiger partial charge >= 0.3 is 12.2 Å². The van der Waals surface area contributed by atoms with E-state index < -0.39 is 75.8 Å². The number of pyridine rings is 2. The normalized spacial score (nSPS) is 16.2. The summed E-state index contributed by atoms with van der Waals surface area (Å²) < 4.78 is 130. The van der Waals surface area contributed by atoms with Gasteiger partial charge in [0, 0.05) is 44.4 Å². The van der Waals surface area contributed by atoms with E-state index >= 15 is 26.3 Å². The number of rotatable bonds is 20. The number of ether oxygens (including phenoxy) is 6. The van der Waals surface area contributed by atoms with E-state index in [2.05, 4.69) is 9.88 Å². The first kappa shape index (κ1) is 58.9. The summed E-state index contributed by atoms with van der Waals surface area (Å²) in [5, 5.41) is -0.566. The van der Waals surface area contributed by atoms with E-state index in [0.29, 0.717) is 47.5 Å². The van der Waals surface area contributed by atoms with Crippen LogP contribution in [-0.2, 0) is 32.4 Å². The molecule has 8 aromatic rings. The maximum absolute atomic E-state index is 18.5. The van der Waals surface area contributed by atoms with Gasteiger partial charge in [0.25, 0.3) is 5.92 Å². The van der Waals surface area contributed by atoms with Crippen LogP contribution < -0.4 is 43.1 Å². The minimum absolute atomic E-state index is 0.0587. The SMILES string of the molecule is COc1ccc(CN(Cc2ccc(OC)cc2)c2cc(C)c(C(F)(F)F)c(-c3c(Cl)c4c5c(nc(OCC6(C)CC(F)(F)CN6C)nc5c3F)N([C@H](C)c3cccnc3N(Cc3ccc(OC)cc3)Cc3ccc(OC)cc3)CCO4)n2)cc1. The summed E-state index contributed by atoms with van der Waals surface area (Å²) >= 11 is 7.36. The molecule has 0 N–H and O–H groups in total. The Morgan fingerprint density at radius 1 is 0.738 bits per heavy atom. The number of hydrogen-bond donors (Lipinski definition) is 0. The number of nitrogens with zero attached hydrogens (tertiary/aromatic N) is 8. The van der Waals surface area contributed by atoms with E-state index in [1.807, 2.05) is 90.7 Å². The van der Waals surface area contributed by atoms with Crippen molar-refractivity contribution < 1.29 is 54.8 Å². The number of likely N-dealkylation sites (tertiary alicyclic amines) is 1. The van der Waals surface area contributed by atoms with Crippen LogP contribution in [0.3, 0.4) is 0 Å². The fourth-order valence-corrected chi connectivity index (χ4v) is 11.3. The summed E-state index contributed by atoms with van der Waals surface area (Å²) in [4.78, 5) is 26.4. The van der Waals surface area contributed by atoms with E-state index in [-0.39, 0.29) is 61.2 Å². The van der Waals surface area contributed by atoms with Crippen molar-refractivity contribution in [3.8, 4) is 46.0 Å². The number of likely N-dealkylation sites (N-methyl/N-ethyl adjacent to an activating group) is 1. The molecule has 0 spiro atoms. The van der Waals surface area contributed by atoms with Crippen LogP contribution in [0.1, 0.15) is 65.3 Å². The summed E-state index contributed by atoms with van der Waals surface area (Å²) in [6.45, 7) is 4.98. The zero-order valence-corrected chi connectivity index (χ0v) is 48.4. The third kappa shape index (κ3) is 12.4. The van der Waals surface area contributed by atoms with Crippen LogP contribution in [0.4, 0.5) is 43.8 Å². The van der Waals surface area contributed by atoms with Gasteiger partial charge in [-0.15, -0.1) is 0 Å². The average Bonchev–Trinajstić information content (AvgIpc) is 1.64. The molecule has 2 aliphatic rings. The molecule has 440 valence electrons. The molecular weight excluding hydrogens is 1110 g/mol. The monoisotopic (exact) mass is 1180 g/mol. The van der Waals surface area contributed by atoms with Crippen molar-refractivity contribution in [2.75, 3.05) is 76.5 Å². The predicted molar refractivity (Wildman–Crippen MR) is 311 cm³/mol. The van der Waals surface area contributed by atoms with Crippen molar-refractivity contribution in [2.24, 2.45) is 0 Å². The molecule has 2 aliphatic heterocycles. The number of anilines is 3. The fourth-order valence-electron chi connectivity index (χ4n) is 11.0. The Morgan fingerprint density at radius 3 is 1.73 bits per heavy atom. The average molecular weight is 1180 g/mol. The molecule has 1 unspecified atom stereocenters. The van der Waals surface area contributed by atoms with Crippen molar-refractivity contribution in [3.63, 3.8) is 0 Å². The Balaban J connectivity index is 1.14. The predicted octanol–water partition coefficient (Wildman–Crippen LogP) is 13.7. The van der Waals surface area contributed by atoms with Gasteiger partial charge < -0.3 is 43.1 Å². The third-order valence-corrected chi connectivity index (χ3v) is 15.9. The van der Waals surface area contributed by atoms with Gasteiger partial charge in [0.15, 0.2) is 11.6 Å². The molecule has 14 nitrogen and oxygen atoms in total. The quantitative estimate of drug-likeness (QED) is 0.0673. The Kier molecular flexibility index (Phi) is 17.0. The molecule has 0 radical (unpaired) electrons. The molecular formula is C63H63ClF6N8O6. The van der Waals surface area contributed by atoms with Crippen molar-refractivity contribution in [2.45, 2.75) is 77.1 Å². The van der Waals surface area contributed by atoms with Crippen molar-refractivity contribution in [1.29, 1.82) is 0 Å². The van der Waals surface area contributed by atoms with Crippen molar-refractivity contribution in [3.05, 3.63) is 171 Å². The van der Waals surface area contributed by atoms with Crippen molar-refractivity contribution in [1.82, 2.24) is 24.8 Å². The van der Waals surface area contributed by atoms with Gasteiger partial charge in [-0.3, -0.25) is 4.90 Å². The van der Waals surface area contributed by atoms with Crippen LogP contribution in [0.15, 0.2) is 121 Å². The van der Waals surface area contributed by atoms with Crippen LogP contribution in [-0.4, -0.2) is 98.1 Å². The molecule has 10 rings (SSSR count). The number of methoxy groups -OCH3 is 4. The first-order chi connectivity index (χ1) is 40.2. The second-order valence-corrected chi connectivity index (χ2v) is 21.7. The highest BCUT2D eigenvalue weighted by atomic mass is 35.5. The van der Waals surface area contributed by atoms with Crippen LogP contribution in [0.2, 0.25) is 5.02 Å². The number of aryl methyl sites for hydroxylation is 1. The van der Waals surface area contributed by atoms with E-state index in [1.54, 1.807) is 83.8 Å². The zero-order valence-electron chi connectivity index (χ0n) is 47.7. The van der Waals surface area contributed by atoms with Crippen LogP contribution in [0.25, 0.3) is 22.2 Å². The second-order valence-electron chi connectivity index (χ2n) is 21.3. The van der Waals surface area contributed by atoms with Crippen LogP contribution in [0, 0.1) is 12.7 Å². The highest BCUT2D eigenvalue weighted by Crippen LogP contribution is 2.52. The smallest absolute Gasteiger partial charge is 0.418 e. The van der Waals surface area contributed by atoms with E-state index in [1.165, 1.54) is 17.9 Å². The van der Waals surface area contributed by atoms with E-state index in [4.69, 9.17) is 55.0 Å². The molecule has 1 saturated heterocycles. The third-order valence-electron chi connectivity index (χ3n) is 15.5. The summed E-state index contributed by atoms with van der Waals surface area (Å²) in [5.41, 5.74) is -0.617. The Morgan fingerprint density at radius 2 is 1.25 bits per heavy atom. The fraction of sp³-hybridized carbons (Fsp3) is 0.333. The lowest BCUT2D eigenvalue weighted by atomic mass is 9.98. The molecule has 84 heavy (non-hydrogen) atoms. The second kappa shape index (κ2) is 24.2. The van der Waals surface area contributed by atoms with Gasteiger partial charge in [0.1, 0.15) is 59.2 Å². The lowest BCUT2D eigenvalue weighted by Gasteiger charge is -2.34. The molecule has 2 atom stereocenters. The minimum Gasteiger partial charge on any atom is -0.497 e. The summed E-state index contributed by atoms with van der Waals surface area (Å²) in [5.74, 6) is -1.21. The summed E-state index contributed by atoms with van der Waals surface area (Å²) in [6, 6.07) is 33.8. The zero-order chi connectivity index (χ0) is 59.7. The number of hydrogen-bond acceptors (Lipinski definition) is 14. The molecule has 0 aliphatic carbocycles. The van der Waals surface area contributed by atoms with Crippen LogP contribution >= 0.6 is 11.6 Å². The van der Waals surface area contributed by atoms with Gasteiger partial charge in [-0.2, -0.15) is 23.1 Å². The Labute approximate surface area is 488 Å². The molecule has 1 fully saturated rings. The van der Waals surface area contributed by atoms with E-state index in [9.17, 15) is 0 Å². The minimum atomic E-state index is -5.08. The number of aromatic nitrogens is 4. The topological polar surface area (TPSA) is 120 Å². The summed E-state index contributed by atoms with van der Waals surface area (Å²) in [6.07, 6.45) is -3.96. The maximum atomic E-state index is 18.5. The highest BCUT2D eigenvalue weighted by Gasteiger charge is 2.51. The highest BCUT2D eigenvalue weighted by molar-refractivity contribution is 6.36. The molecule has 5 aromatic carbocycles. The molecule has 0 saturated carbocycles. The van der Waals surface area contributed by atoms with Gasteiger partial charge in [-0.25, -0.2) is 23.1 Å². The van der Waals surface area contributed by atoms with Crippen molar-refractivity contribution >= 4 is 40.0 Å². The molecule has 3 aromatic heterocycles. The number of benzene rings is 5. The maximum Gasteiger partial charge on any atom is 0.418 e. The van der Waals surface area contributed by atoms with Crippen LogP contribution in [0.5, 0.6) is 34.8 Å². The number of alkyl halides is 5. The van der Waals surface area contributed by atoms with Gasteiger partial charge in [0.05, 0.1) is 80.3 Å². The molecule has 0 amide bonds. The number of halogens is 7. The van der Waals surface area contributed by atoms with Gasteiger partial charge in [-0.1, -0.05) is 66.2 Å². The standard InChI is InChI=1S/C63H63ClF6N8O6/c1-38-30-49(76(31-40-11-19-44(79-5)20-12-40)32-41-13-21-45(80-6)22-14-41)72-55(52(38)63(68,69)70)50-53(64)57-51-56(54(50)65)73-60(84-37-61(3)35-62(66,67)36-75(61)4)74-59(51)78(28-29-83-57)39(2)48-10-9-27-71-58(48)77(33-42-15-23-46(81-7)24-16-42)34-43-17-25-47(82-8)26-18-43/h9-27,30,39H,28-29,31-37H2,1-8H3/t39-,61?/m1/s1. The van der Waals surface area contributed by atoms with Gasteiger partial charge in [-0.05, 0) is 116 Å². The first-order valence-corrected chi connectivity index (χ1v) is 27.5. The largest absolute Gasteiger partial charge is 0.497 e. The summed E-state index contributed by atoms with van der Waals surface area (Å²) in [7, 11) is 7.83. The first-order valence-electron chi connectivity index (χ1n) is 27.1. The lowest BCUT2D eigenvalue weighted by Crippen LogP contribution is -2.43.